The van der Waals surface area contributed by atoms with Gasteiger partial charge in [-0.05, 0) is 83.4 Å². The fourth-order valence-corrected chi connectivity index (χ4v) is 13.6. The third kappa shape index (κ3) is 4.39. The highest BCUT2D eigenvalue weighted by atomic mass is 32.2. The van der Waals surface area contributed by atoms with Gasteiger partial charge in [0, 0.05) is 54.0 Å². The van der Waals surface area contributed by atoms with E-state index < -0.39 is 0 Å². The molecule has 1 saturated heterocycles. The van der Waals surface area contributed by atoms with Crippen molar-refractivity contribution < 1.29 is 0 Å². The van der Waals surface area contributed by atoms with Crippen molar-refractivity contribution in [3.63, 3.8) is 0 Å². The number of nitrogens with zero attached hydrogens (tertiary/aromatic N) is 1. The normalized spacial score (nSPS) is 27.4. The molecule has 4 aromatic carbocycles. The molecule has 0 saturated carbocycles. The molecule has 5 unspecified atom stereocenters. The van der Waals surface area contributed by atoms with Crippen molar-refractivity contribution in [2.24, 2.45) is 17.3 Å². The van der Waals surface area contributed by atoms with E-state index in [-0.39, 0.29) is 10.7 Å². The van der Waals surface area contributed by atoms with Crippen LogP contribution in [0.15, 0.2) is 185 Å². The summed E-state index contributed by atoms with van der Waals surface area (Å²) >= 11 is 4.27. The molecule has 0 bridgehead atoms. The molecule has 2 aliphatic heterocycles. The largest absolute Gasteiger partial charge is 0.309 e. The first kappa shape index (κ1) is 30.9. The summed E-state index contributed by atoms with van der Waals surface area (Å²) in [7, 11) is 0. The standard InChI is InChI=1S/C49H39NS2/c1-3-16-32(17-4-1)34-21-13-26-40-47(34)52-48-36(23-14-27-41(48)49(40)38-24-8-11-30-44(38)51-45-31-12-9-25-39(45)49)35-22-15-29-43-46(35)37-20-7-10-28-42(37)50(43)33-18-5-2-6-19-33/h1-8,10-11,14-25,27-31,38,41,44,48H,9,12-13,26H2. The Morgan fingerprint density at radius 1 is 0.635 bits per heavy atom. The van der Waals surface area contributed by atoms with E-state index in [1.165, 1.54) is 59.6 Å². The zero-order valence-electron chi connectivity index (χ0n) is 29.0. The summed E-state index contributed by atoms with van der Waals surface area (Å²) in [5.41, 5.74) is 12.5. The van der Waals surface area contributed by atoms with E-state index in [2.05, 4.69) is 192 Å². The van der Waals surface area contributed by atoms with Gasteiger partial charge in [0.05, 0.1) is 11.0 Å². The molecule has 6 aliphatic rings. The SMILES string of the molecule is C1=CC2SC3=CCCC=C3C3(C4=C(SC5C(c6cccc7c6c6ccccc6n7-c6ccccc6)=CC=CC53)C(c3ccccc3)=CCC4)C2C=C1. The zero-order valence-corrected chi connectivity index (χ0v) is 30.6. The second kappa shape index (κ2) is 12.2. The summed E-state index contributed by atoms with van der Waals surface area (Å²) in [4.78, 5) is 3.05. The van der Waals surface area contributed by atoms with Crippen LogP contribution in [0.5, 0.6) is 0 Å². The van der Waals surface area contributed by atoms with Crippen molar-refractivity contribution in [2.75, 3.05) is 0 Å². The van der Waals surface area contributed by atoms with E-state index in [1.807, 2.05) is 0 Å². The van der Waals surface area contributed by atoms with Crippen LogP contribution in [0.3, 0.4) is 0 Å². The average Bonchev–Trinajstić information content (AvgIpc) is 3.56. The van der Waals surface area contributed by atoms with E-state index in [0.717, 1.165) is 25.7 Å². The van der Waals surface area contributed by atoms with Gasteiger partial charge in [-0.2, -0.15) is 0 Å². The van der Waals surface area contributed by atoms with Crippen LogP contribution in [0, 0.1) is 17.3 Å². The zero-order chi connectivity index (χ0) is 34.2. The third-order valence-corrected chi connectivity index (χ3v) is 15.2. The van der Waals surface area contributed by atoms with Crippen LogP contribution in [0.2, 0.25) is 0 Å². The van der Waals surface area contributed by atoms with Gasteiger partial charge in [-0.1, -0.05) is 140 Å². The molecular weight excluding hydrogens is 667 g/mol. The van der Waals surface area contributed by atoms with Crippen LogP contribution in [0.1, 0.15) is 36.8 Å². The number of aromatic nitrogens is 1. The van der Waals surface area contributed by atoms with Crippen molar-refractivity contribution >= 4 is 56.5 Å². The molecule has 4 aliphatic carbocycles. The summed E-state index contributed by atoms with van der Waals surface area (Å²) in [6.07, 6.45) is 29.5. The van der Waals surface area contributed by atoms with Crippen molar-refractivity contribution in [3.8, 4) is 5.69 Å². The van der Waals surface area contributed by atoms with Gasteiger partial charge in [-0.15, -0.1) is 23.5 Å². The average molecular weight is 706 g/mol. The van der Waals surface area contributed by atoms with Crippen molar-refractivity contribution in [1.82, 2.24) is 4.57 Å². The third-order valence-electron chi connectivity index (χ3n) is 12.3. The van der Waals surface area contributed by atoms with Crippen LogP contribution in [-0.4, -0.2) is 15.1 Å². The molecule has 5 aromatic rings. The first-order chi connectivity index (χ1) is 25.8. The van der Waals surface area contributed by atoms with Crippen LogP contribution < -0.4 is 0 Å². The van der Waals surface area contributed by atoms with Gasteiger partial charge in [-0.25, -0.2) is 0 Å². The van der Waals surface area contributed by atoms with Crippen LogP contribution >= 0.6 is 23.5 Å². The van der Waals surface area contributed by atoms with Gasteiger partial charge in [0.2, 0.25) is 0 Å². The van der Waals surface area contributed by atoms with Crippen molar-refractivity contribution in [1.29, 1.82) is 0 Å². The van der Waals surface area contributed by atoms with E-state index in [1.54, 1.807) is 11.1 Å². The number of hydrogen-bond donors (Lipinski definition) is 0. The number of fused-ring (bicyclic) bond motifs is 10. The first-order valence-corrected chi connectivity index (χ1v) is 20.6. The summed E-state index contributed by atoms with van der Waals surface area (Å²) < 4.78 is 2.46. The molecule has 0 radical (unpaired) electrons. The maximum atomic E-state index is 2.66. The number of para-hydroxylation sites is 2. The summed E-state index contributed by atoms with van der Waals surface area (Å²) in [6.45, 7) is 0. The fourth-order valence-electron chi connectivity index (χ4n) is 10.3. The number of thioether (sulfide) groups is 2. The lowest BCUT2D eigenvalue weighted by Gasteiger charge is -2.60. The van der Waals surface area contributed by atoms with E-state index in [0.29, 0.717) is 17.1 Å². The quantitative estimate of drug-likeness (QED) is 0.184. The first-order valence-electron chi connectivity index (χ1n) is 18.9. The molecular formula is C49H39NS2. The topological polar surface area (TPSA) is 4.93 Å². The molecule has 1 fully saturated rings. The highest BCUT2D eigenvalue weighted by Crippen LogP contribution is 2.71. The van der Waals surface area contributed by atoms with Crippen LogP contribution in [0.25, 0.3) is 38.6 Å². The van der Waals surface area contributed by atoms with Crippen LogP contribution in [0.4, 0.5) is 0 Å². The molecule has 252 valence electrons. The minimum Gasteiger partial charge on any atom is -0.309 e. The predicted octanol–water partition coefficient (Wildman–Crippen LogP) is 13.0. The maximum Gasteiger partial charge on any atom is 0.0547 e. The van der Waals surface area contributed by atoms with Gasteiger partial charge < -0.3 is 4.57 Å². The van der Waals surface area contributed by atoms with Gasteiger partial charge in [-0.3, -0.25) is 0 Å². The lowest BCUT2D eigenvalue weighted by atomic mass is 9.52. The number of hydrogen-bond acceptors (Lipinski definition) is 2. The minimum atomic E-state index is -0.120. The Hall–Kier alpha value is -4.70. The summed E-state index contributed by atoms with van der Waals surface area (Å²) in [5.74, 6) is 0.707. The van der Waals surface area contributed by atoms with Gasteiger partial charge in [0.25, 0.3) is 0 Å². The molecule has 0 amide bonds. The van der Waals surface area contributed by atoms with E-state index in [4.69, 9.17) is 0 Å². The molecule has 11 rings (SSSR count). The molecule has 3 heteroatoms. The lowest BCUT2D eigenvalue weighted by Crippen LogP contribution is -2.53. The Morgan fingerprint density at radius 3 is 2.31 bits per heavy atom. The fraction of sp³-hybridized carbons (Fsp3) is 0.184. The Morgan fingerprint density at radius 2 is 1.40 bits per heavy atom. The highest BCUT2D eigenvalue weighted by molar-refractivity contribution is 8.05. The monoisotopic (exact) mass is 705 g/mol. The number of allylic oxidation sites excluding steroid dienone is 12. The lowest BCUT2D eigenvalue weighted by molar-refractivity contribution is 0.226. The predicted molar refractivity (Wildman–Crippen MR) is 224 cm³/mol. The minimum absolute atomic E-state index is 0.120. The van der Waals surface area contributed by atoms with Gasteiger partial charge >= 0.3 is 0 Å². The molecule has 0 N–H and O–H groups in total. The van der Waals surface area contributed by atoms with E-state index in [9.17, 15) is 0 Å². The van der Waals surface area contributed by atoms with Gasteiger partial charge in [0.15, 0.2) is 0 Å². The Bertz CT molecular complexity index is 2540. The molecule has 1 aromatic heterocycles. The second-order valence-corrected chi connectivity index (χ2v) is 17.2. The van der Waals surface area contributed by atoms with E-state index >= 15 is 0 Å². The van der Waals surface area contributed by atoms with Gasteiger partial charge in [0.1, 0.15) is 0 Å². The number of benzene rings is 4. The Balaban J connectivity index is 1.18. The molecule has 1 spiro atoms. The number of rotatable bonds is 3. The molecule has 3 heterocycles. The molecule has 5 atom stereocenters. The van der Waals surface area contributed by atoms with Crippen molar-refractivity contribution in [3.05, 3.63) is 196 Å². The summed E-state index contributed by atoms with van der Waals surface area (Å²) in [6, 6.07) is 38.1. The maximum absolute atomic E-state index is 2.66. The molecule has 1 nitrogen and oxygen atoms in total. The Labute approximate surface area is 314 Å². The van der Waals surface area contributed by atoms with Crippen molar-refractivity contribution in [2.45, 2.75) is 36.2 Å². The highest BCUT2D eigenvalue weighted by Gasteiger charge is 2.61. The van der Waals surface area contributed by atoms with Crippen LogP contribution in [-0.2, 0) is 0 Å². The smallest absolute Gasteiger partial charge is 0.0547 e. The summed E-state index contributed by atoms with van der Waals surface area (Å²) in [5, 5.41) is 3.35. The molecule has 52 heavy (non-hydrogen) atoms. The Kier molecular flexibility index (Phi) is 7.24. The second-order valence-electron chi connectivity index (χ2n) is 14.8.